The molecule has 0 radical (unpaired) electrons. The van der Waals surface area contributed by atoms with E-state index in [9.17, 15) is 13.2 Å². The lowest BCUT2D eigenvalue weighted by molar-refractivity contribution is 0.0697. The molecule has 0 spiro atoms. The Balaban J connectivity index is 2.24. The number of benzene rings is 2. The van der Waals surface area contributed by atoms with Gasteiger partial charge in [-0.05, 0) is 42.0 Å². The number of hydrogen-bond acceptors (Lipinski definition) is 3. The number of halogens is 1. The molecule has 122 valence electrons. The molecule has 2 aromatic rings. The summed E-state index contributed by atoms with van der Waals surface area (Å²) in [5.74, 6) is -1.02. The van der Waals surface area contributed by atoms with Crippen LogP contribution in [0.25, 0.3) is 0 Å². The van der Waals surface area contributed by atoms with Gasteiger partial charge in [-0.15, -0.1) is 0 Å². The van der Waals surface area contributed by atoms with E-state index in [4.69, 9.17) is 16.7 Å². The van der Waals surface area contributed by atoms with Crippen LogP contribution in [0.5, 0.6) is 0 Å². The molecular formula is C16H16ClNO4S. The van der Waals surface area contributed by atoms with E-state index in [1.807, 2.05) is 0 Å². The summed E-state index contributed by atoms with van der Waals surface area (Å²) in [6.45, 7) is 2.21. The molecule has 0 unspecified atom stereocenters. The lowest BCUT2D eigenvalue weighted by Crippen LogP contribution is -2.30. The second-order valence-electron chi connectivity index (χ2n) is 4.89. The normalized spacial score (nSPS) is 11.6. The van der Waals surface area contributed by atoms with E-state index in [0.29, 0.717) is 11.6 Å². The van der Waals surface area contributed by atoms with Crippen molar-refractivity contribution in [3.05, 3.63) is 64.7 Å². The number of carbonyl (C=O) groups is 1. The average Bonchev–Trinajstić information content (AvgIpc) is 2.53. The predicted molar refractivity (Wildman–Crippen MR) is 88.1 cm³/mol. The molecule has 2 aromatic carbocycles. The van der Waals surface area contributed by atoms with E-state index in [2.05, 4.69) is 0 Å². The molecule has 7 heteroatoms. The molecule has 0 amide bonds. The van der Waals surface area contributed by atoms with Crippen molar-refractivity contribution < 1.29 is 18.3 Å². The molecule has 0 saturated carbocycles. The summed E-state index contributed by atoms with van der Waals surface area (Å²) < 4.78 is 26.6. The first-order chi connectivity index (χ1) is 10.8. The zero-order valence-electron chi connectivity index (χ0n) is 12.4. The van der Waals surface area contributed by atoms with Crippen LogP contribution in [0.15, 0.2) is 53.4 Å². The third-order valence-electron chi connectivity index (χ3n) is 3.36. The van der Waals surface area contributed by atoms with Gasteiger partial charge < -0.3 is 5.11 Å². The molecule has 0 fully saturated rings. The first-order valence-corrected chi connectivity index (χ1v) is 8.74. The topological polar surface area (TPSA) is 74.7 Å². The maximum Gasteiger partial charge on any atom is 0.335 e. The van der Waals surface area contributed by atoms with E-state index >= 15 is 0 Å². The molecule has 0 aromatic heterocycles. The smallest absolute Gasteiger partial charge is 0.335 e. The monoisotopic (exact) mass is 353 g/mol. The summed E-state index contributed by atoms with van der Waals surface area (Å²) in [5.41, 5.74) is 0.881. The number of aromatic carboxylic acids is 1. The minimum atomic E-state index is -3.63. The maximum atomic E-state index is 12.6. The van der Waals surface area contributed by atoms with Crippen LogP contribution >= 0.6 is 11.6 Å². The van der Waals surface area contributed by atoms with Crippen LogP contribution in [-0.2, 0) is 16.6 Å². The minimum absolute atomic E-state index is 0.164. The minimum Gasteiger partial charge on any atom is -0.478 e. The van der Waals surface area contributed by atoms with Gasteiger partial charge in [0.05, 0.1) is 10.5 Å². The van der Waals surface area contributed by atoms with Crippen molar-refractivity contribution >= 4 is 27.6 Å². The fourth-order valence-electron chi connectivity index (χ4n) is 2.08. The number of hydrogen-bond donors (Lipinski definition) is 1. The molecule has 5 nitrogen and oxygen atoms in total. The molecule has 0 saturated heterocycles. The number of rotatable bonds is 6. The zero-order valence-corrected chi connectivity index (χ0v) is 14.0. The van der Waals surface area contributed by atoms with Crippen LogP contribution in [0.3, 0.4) is 0 Å². The lowest BCUT2D eigenvalue weighted by atomic mass is 10.1. The van der Waals surface area contributed by atoms with Crippen LogP contribution in [0.2, 0.25) is 5.02 Å². The summed E-state index contributed by atoms with van der Waals surface area (Å²) in [5, 5.41) is 9.36. The highest BCUT2D eigenvalue weighted by Crippen LogP contribution is 2.20. The Hall–Kier alpha value is -1.89. The molecule has 0 aliphatic heterocycles. The SMILES string of the molecule is CCN(Cc1ccc(C(=O)O)cc1)S(=O)(=O)c1ccc(Cl)cc1. The van der Waals surface area contributed by atoms with Crippen LogP contribution in [-0.4, -0.2) is 30.3 Å². The van der Waals surface area contributed by atoms with Gasteiger partial charge in [0.25, 0.3) is 0 Å². The molecule has 1 N–H and O–H groups in total. The van der Waals surface area contributed by atoms with E-state index in [-0.39, 0.29) is 17.0 Å². The maximum absolute atomic E-state index is 12.6. The van der Waals surface area contributed by atoms with Gasteiger partial charge in [-0.1, -0.05) is 30.7 Å². The molecule has 0 bridgehead atoms. The van der Waals surface area contributed by atoms with Crippen molar-refractivity contribution in [1.29, 1.82) is 0 Å². The van der Waals surface area contributed by atoms with E-state index < -0.39 is 16.0 Å². The van der Waals surface area contributed by atoms with E-state index in [1.54, 1.807) is 19.1 Å². The highest BCUT2D eigenvalue weighted by atomic mass is 35.5. The third-order valence-corrected chi connectivity index (χ3v) is 5.55. The summed E-state index contributed by atoms with van der Waals surface area (Å²) in [6.07, 6.45) is 0. The van der Waals surface area contributed by atoms with Gasteiger partial charge in [0.15, 0.2) is 0 Å². The van der Waals surface area contributed by atoms with Gasteiger partial charge in [0.1, 0.15) is 0 Å². The second kappa shape index (κ2) is 7.12. The first kappa shape index (κ1) is 17.5. The van der Waals surface area contributed by atoms with Crippen LogP contribution < -0.4 is 0 Å². The summed E-state index contributed by atoms with van der Waals surface area (Å²) in [6, 6.07) is 12.1. The van der Waals surface area contributed by atoms with E-state index in [1.165, 1.54) is 40.7 Å². The molecule has 0 atom stereocenters. The van der Waals surface area contributed by atoms with Crippen LogP contribution in [0, 0.1) is 0 Å². The molecule has 23 heavy (non-hydrogen) atoms. The van der Waals surface area contributed by atoms with Crippen molar-refractivity contribution in [3.8, 4) is 0 Å². The Labute approximate surface area is 140 Å². The van der Waals surface area contributed by atoms with Crippen LogP contribution in [0.4, 0.5) is 0 Å². The highest BCUT2D eigenvalue weighted by Gasteiger charge is 2.23. The number of carboxylic acids is 1. The summed E-state index contributed by atoms with van der Waals surface area (Å²) in [7, 11) is -3.63. The van der Waals surface area contributed by atoms with Gasteiger partial charge in [0.2, 0.25) is 10.0 Å². The zero-order chi connectivity index (χ0) is 17.0. The Bertz CT molecular complexity index is 786. The van der Waals surface area contributed by atoms with Crippen molar-refractivity contribution in [2.75, 3.05) is 6.54 Å². The van der Waals surface area contributed by atoms with Crippen molar-refractivity contribution in [3.63, 3.8) is 0 Å². The first-order valence-electron chi connectivity index (χ1n) is 6.92. The Morgan fingerprint density at radius 1 is 1.09 bits per heavy atom. The third kappa shape index (κ3) is 4.10. The Morgan fingerprint density at radius 3 is 2.13 bits per heavy atom. The van der Waals surface area contributed by atoms with Gasteiger partial charge in [-0.3, -0.25) is 0 Å². The van der Waals surface area contributed by atoms with Crippen LogP contribution in [0.1, 0.15) is 22.8 Å². The average molecular weight is 354 g/mol. The lowest BCUT2D eigenvalue weighted by Gasteiger charge is -2.20. The number of sulfonamides is 1. The fourth-order valence-corrected chi connectivity index (χ4v) is 3.64. The van der Waals surface area contributed by atoms with E-state index in [0.717, 1.165) is 5.56 Å². The van der Waals surface area contributed by atoms with Gasteiger partial charge in [-0.2, -0.15) is 4.31 Å². The number of nitrogens with zero attached hydrogens (tertiary/aromatic N) is 1. The van der Waals surface area contributed by atoms with Crippen molar-refractivity contribution in [2.24, 2.45) is 0 Å². The molecule has 0 heterocycles. The summed E-state index contributed by atoms with van der Waals surface area (Å²) in [4.78, 5) is 11.0. The molecular weight excluding hydrogens is 338 g/mol. The molecule has 0 aliphatic carbocycles. The standard InChI is InChI=1S/C16H16ClNO4S/c1-2-18(11-12-3-5-13(6-4-12)16(19)20)23(21,22)15-9-7-14(17)8-10-15/h3-10H,2,11H2,1H3,(H,19,20). The van der Waals surface area contributed by atoms with Crippen molar-refractivity contribution in [2.45, 2.75) is 18.4 Å². The Kier molecular flexibility index (Phi) is 5.41. The quantitative estimate of drug-likeness (QED) is 0.865. The fraction of sp³-hybridized carbons (Fsp3) is 0.188. The Morgan fingerprint density at radius 2 is 1.65 bits per heavy atom. The number of carboxylic acid groups (broad SMARTS) is 1. The second-order valence-corrected chi connectivity index (χ2v) is 7.26. The molecule has 2 rings (SSSR count). The van der Waals surface area contributed by atoms with Gasteiger partial charge in [-0.25, -0.2) is 13.2 Å². The largest absolute Gasteiger partial charge is 0.478 e. The predicted octanol–water partition coefficient (Wildman–Crippen LogP) is 3.25. The molecule has 0 aliphatic rings. The highest BCUT2D eigenvalue weighted by molar-refractivity contribution is 7.89. The summed E-state index contributed by atoms with van der Waals surface area (Å²) >= 11 is 5.79. The van der Waals surface area contributed by atoms with Crippen molar-refractivity contribution in [1.82, 2.24) is 4.31 Å². The van der Waals surface area contributed by atoms with Gasteiger partial charge in [0, 0.05) is 18.1 Å². The van der Waals surface area contributed by atoms with Gasteiger partial charge >= 0.3 is 5.97 Å².